The number of piperazine rings is 1. The number of nitriles is 1. The van der Waals surface area contributed by atoms with E-state index in [9.17, 15) is 5.26 Å². The molecule has 1 aromatic carbocycles. The molecule has 5 heterocycles. The minimum Gasteiger partial charge on any atom is -0.370 e. The highest BCUT2D eigenvalue weighted by molar-refractivity contribution is 5.74. The normalized spacial score (nSPS) is 25.6. The van der Waals surface area contributed by atoms with Crippen molar-refractivity contribution in [3.05, 3.63) is 59.4 Å². The molecule has 0 spiro atoms. The quantitative estimate of drug-likeness (QED) is 0.678. The van der Waals surface area contributed by atoms with Crippen molar-refractivity contribution in [2.24, 2.45) is 5.73 Å². The molecular formula is C25H29N7. The molecule has 2 fully saturated rings. The number of nitrogens with zero attached hydrogens (tertiary/aromatic N) is 6. The number of pyridine rings is 1. The Morgan fingerprint density at radius 2 is 2.00 bits per heavy atom. The second-order valence-electron chi connectivity index (χ2n) is 9.52. The maximum absolute atomic E-state index is 9.42. The molecule has 7 heteroatoms. The molecule has 0 amide bonds. The summed E-state index contributed by atoms with van der Waals surface area (Å²) < 4.78 is 1.75. The lowest BCUT2D eigenvalue weighted by atomic mass is 9.99. The van der Waals surface area contributed by atoms with Gasteiger partial charge in [-0.15, -0.1) is 0 Å². The van der Waals surface area contributed by atoms with Gasteiger partial charge in [0.05, 0.1) is 23.4 Å². The smallest absolute Gasteiger partial charge is 0.142 e. The molecular weight excluding hydrogens is 398 g/mol. The van der Waals surface area contributed by atoms with Crippen LogP contribution in [0.2, 0.25) is 0 Å². The number of rotatable bonds is 2. The first kappa shape index (κ1) is 19.6. The Labute approximate surface area is 188 Å². The zero-order chi connectivity index (χ0) is 21.8. The first-order chi connectivity index (χ1) is 15.6. The Hall–Kier alpha value is -3.08. The van der Waals surface area contributed by atoms with Gasteiger partial charge >= 0.3 is 0 Å². The van der Waals surface area contributed by atoms with Gasteiger partial charge in [-0.25, -0.2) is 4.52 Å². The predicted octanol–water partition coefficient (Wildman–Crippen LogP) is 2.90. The lowest BCUT2D eigenvalue weighted by Gasteiger charge is -2.43. The van der Waals surface area contributed by atoms with Crippen LogP contribution < -0.4 is 15.5 Å². The van der Waals surface area contributed by atoms with E-state index in [2.05, 4.69) is 57.1 Å². The number of nitrogens with two attached hydrogens (primary N) is 1. The third kappa shape index (κ3) is 3.06. The van der Waals surface area contributed by atoms with Crippen molar-refractivity contribution in [3.8, 4) is 6.07 Å². The summed E-state index contributed by atoms with van der Waals surface area (Å²) in [5, 5.41) is 13.8. The van der Waals surface area contributed by atoms with E-state index >= 15 is 0 Å². The average molecular weight is 428 g/mol. The molecule has 2 aromatic heterocycles. The maximum Gasteiger partial charge on any atom is 0.142 e. The van der Waals surface area contributed by atoms with Crippen LogP contribution in [-0.2, 0) is 6.54 Å². The molecule has 3 aromatic rings. The topological polar surface area (TPSA) is 76.8 Å². The van der Waals surface area contributed by atoms with Crippen LogP contribution in [0.4, 0.5) is 11.4 Å². The van der Waals surface area contributed by atoms with Crippen LogP contribution >= 0.6 is 0 Å². The summed E-state index contributed by atoms with van der Waals surface area (Å²) in [6.07, 6.45) is 4.08. The molecule has 0 bridgehead atoms. The molecule has 3 aliphatic heterocycles. The minimum absolute atomic E-state index is 0.282. The lowest BCUT2D eigenvalue weighted by molar-refractivity contribution is 0.134. The molecule has 2 N–H and O–H groups in total. The summed E-state index contributed by atoms with van der Waals surface area (Å²) in [6, 6.07) is 16.3. The summed E-state index contributed by atoms with van der Waals surface area (Å²) in [5.74, 6) is 0. The highest BCUT2D eigenvalue weighted by Gasteiger charge is 2.39. The third-order valence-corrected chi connectivity index (χ3v) is 7.49. The molecule has 164 valence electrons. The number of piperidine rings is 1. The Morgan fingerprint density at radius 3 is 2.84 bits per heavy atom. The van der Waals surface area contributed by atoms with Crippen molar-refractivity contribution in [2.75, 3.05) is 36.0 Å². The molecule has 2 unspecified atom stereocenters. The van der Waals surface area contributed by atoms with Crippen molar-refractivity contribution in [2.45, 2.75) is 44.4 Å². The fourth-order valence-corrected chi connectivity index (χ4v) is 5.91. The molecule has 32 heavy (non-hydrogen) atoms. The van der Waals surface area contributed by atoms with Crippen LogP contribution in [0.3, 0.4) is 0 Å². The number of hydrogen-bond donors (Lipinski definition) is 1. The zero-order valence-electron chi connectivity index (χ0n) is 18.5. The molecule has 0 aliphatic carbocycles. The van der Waals surface area contributed by atoms with E-state index in [0.717, 1.165) is 50.3 Å². The fourth-order valence-electron chi connectivity index (χ4n) is 5.91. The van der Waals surface area contributed by atoms with Crippen LogP contribution in [0.5, 0.6) is 0 Å². The molecule has 6 rings (SSSR count). The first-order valence-electron chi connectivity index (χ1n) is 11.6. The predicted molar refractivity (Wildman–Crippen MR) is 126 cm³/mol. The summed E-state index contributed by atoms with van der Waals surface area (Å²) >= 11 is 0. The summed E-state index contributed by atoms with van der Waals surface area (Å²) in [6.45, 7) is 7.30. The SMILES string of the molecule is CC1CN(c2ccc(C#N)n3nccc23)CC2c3ccc(N4CCC[C@H](N)C4)cc3CN12. The molecule has 0 saturated carbocycles. The molecule has 3 aliphatic rings. The van der Waals surface area contributed by atoms with E-state index in [1.54, 1.807) is 10.7 Å². The summed E-state index contributed by atoms with van der Waals surface area (Å²) in [4.78, 5) is 7.56. The Balaban J connectivity index is 1.31. The number of aromatic nitrogens is 2. The average Bonchev–Trinajstić information content (AvgIpc) is 3.43. The van der Waals surface area contributed by atoms with Gasteiger partial charge in [-0.3, -0.25) is 4.90 Å². The van der Waals surface area contributed by atoms with Gasteiger partial charge < -0.3 is 15.5 Å². The van der Waals surface area contributed by atoms with Crippen molar-refractivity contribution in [1.82, 2.24) is 14.5 Å². The van der Waals surface area contributed by atoms with Crippen LogP contribution in [0.15, 0.2) is 42.6 Å². The van der Waals surface area contributed by atoms with Gasteiger partial charge in [0, 0.05) is 50.5 Å². The van der Waals surface area contributed by atoms with E-state index in [1.165, 1.54) is 23.2 Å². The molecule has 3 atom stereocenters. The highest BCUT2D eigenvalue weighted by Crippen LogP contribution is 2.42. The van der Waals surface area contributed by atoms with E-state index in [0.29, 0.717) is 17.8 Å². The minimum atomic E-state index is 0.282. The number of hydrogen-bond acceptors (Lipinski definition) is 6. The molecule has 7 nitrogen and oxygen atoms in total. The van der Waals surface area contributed by atoms with Gasteiger partial charge in [-0.2, -0.15) is 10.4 Å². The van der Waals surface area contributed by atoms with Crippen molar-refractivity contribution >= 4 is 16.9 Å². The summed E-state index contributed by atoms with van der Waals surface area (Å²) in [5.41, 5.74) is 13.2. The zero-order valence-corrected chi connectivity index (χ0v) is 18.5. The lowest BCUT2D eigenvalue weighted by Crippen LogP contribution is -2.51. The van der Waals surface area contributed by atoms with Crippen molar-refractivity contribution in [3.63, 3.8) is 0 Å². The molecule has 2 saturated heterocycles. The maximum atomic E-state index is 9.42. The highest BCUT2D eigenvalue weighted by atomic mass is 15.3. The van der Waals surface area contributed by atoms with E-state index < -0.39 is 0 Å². The molecule has 0 radical (unpaired) electrons. The van der Waals surface area contributed by atoms with Gasteiger partial charge in [-0.1, -0.05) is 6.07 Å². The van der Waals surface area contributed by atoms with Gasteiger partial charge in [0.25, 0.3) is 0 Å². The van der Waals surface area contributed by atoms with Gasteiger partial charge in [0.15, 0.2) is 0 Å². The third-order valence-electron chi connectivity index (χ3n) is 7.49. The summed E-state index contributed by atoms with van der Waals surface area (Å²) in [7, 11) is 0. The second kappa shape index (κ2) is 7.51. The Kier molecular flexibility index (Phi) is 4.60. The van der Waals surface area contributed by atoms with Crippen molar-refractivity contribution in [1.29, 1.82) is 5.26 Å². The van der Waals surface area contributed by atoms with Crippen LogP contribution in [0.25, 0.3) is 5.52 Å². The Morgan fingerprint density at radius 1 is 1.09 bits per heavy atom. The second-order valence-corrected chi connectivity index (χ2v) is 9.52. The van der Waals surface area contributed by atoms with Crippen LogP contribution in [-0.4, -0.2) is 52.8 Å². The number of anilines is 2. The number of fused-ring (bicyclic) bond motifs is 4. The van der Waals surface area contributed by atoms with Crippen LogP contribution in [0.1, 0.15) is 42.6 Å². The largest absolute Gasteiger partial charge is 0.370 e. The van der Waals surface area contributed by atoms with Gasteiger partial charge in [0.2, 0.25) is 0 Å². The van der Waals surface area contributed by atoms with Gasteiger partial charge in [-0.05, 0) is 61.2 Å². The van der Waals surface area contributed by atoms with E-state index in [1.807, 2.05) is 12.1 Å². The Bertz CT molecular complexity index is 1210. The van der Waals surface area contributed by atoms with E-state index in [-0.39, 0.29) is 6.04 Å². The van der Waals surface area contributed by atoms with E-state index in [4.69, 9.17) is 5.73 Å². The standard InChI is InChI=1S/C25H29N7/c1-17-13-30(23-7-5-21(12-26)32-24(23)8-9-28-32)16-25-22-6-4-20(11-18(22)14-31(17)25)29-10-2-3-19(27)15-29/h4-9,11,17,19,25H,2-3,10,13-16,27H2,1H3/t17?,19-,25?/m0/s1. The monoisotopic (exact) mass is 427 g/mol. The first-order valence-corrected chi connectivity index (χ1v) is 11.6. The fraction of sp³-hybridized carbons (Fsp3) is 0.440. The van der Waals surface area contributed by atoms with Crippen molar-refractivity contribution < 1.29 is 0 Å². The van der Waals surface area contributed by atoms with Crippen LogP contribution in [0, 0.1) is 11.3 Å². The number of benzene rings is 1. The van der Waals surface area contributed by atoms with Gasteiger partial charge in [0.1, 0.15) is 11.8 Å².